The average Bonchev–Trinajstić information content (AvgIpc) is 3.50. The zero-order valence-corrected chi connectivity index (χ0v) is 31.3. The Morgan fingerprint density at radius 1 is 0.909 bits per heavy atom. The molecule has 12 nitrogen and oxygen atoms in total. The monoisotopic (exact) mass is 759 g/mol. The number of halogens is 1. The van der Waals surface area contributed by atoms with Crippen molar-refractivity contribution in [3.63, 3.8) is 0 Å². The van der Waals surface area contributed by atoms with Crippen LogP contribution < -0.4 is 15.1 Å². The van der Waals surface area contributed by atoms with Crippen molar-refractivity contribution in [1.29, 1.82) is 5.26 Å². The molecule has 3 aromatic rings. The number of piperazine rings is 1. The minimum Gasteiger partial charge on any atom is -0.406 e. The van der Waals surface area contributed by atoms with E-state index in [4.69, 9.17) is 21.7 Å². The summed E-state index contributed by atoms with van der Waals surface area (Å²) in [5.74, 6) is 7.42. The van der Waals surface area contributed by atoms with Crippen molar-refractivity contribution in [2.75, 3.05) is 63.8 Å². The molecule has 1 N–H and O–H groups in total. The SMILES string of the molecule is N#Cc1ccc(ON2CCN(C(=O)c3ccc(N4CCC(CN5CC(C#Cc6ccc7c(c6)CN(C6CCC(=O)NC6=O)C7=O)C5)CC4)cc3)CC2)cc1Cl. The Morgan fingerprint density at radius 3 is 2.38 bits per heavy atom. The molecule has 0 aromatic heterocycles. The van der Waals surface area contributed by atoms with Crippen LogP contribution in [0.3, 0.4) is 0 Å². The summed E-state index contributed by atoms with van der Waals surface area (Å²) >= 11 is 6.13. The van der Waals surface area contributed by atoms with Crippen LogP contribution in [0, 0.1) is 35.0 Å². The number of hydrogen-bond donors (Lipinski definition) is 1. The third-order valence-corrected chi connectivity index (χ3v) is 11.6. The molecule has 55 heavy (non-hydrogen) atoms. The molecule has 282 valence electrons. The fourth-order valence-electron chi connectivity index (χ4n) is 8.16. The van der Waals surface area contributed by atoms with E-state index < -0.39 is 11.9 Å². The number of rotatable bonds is 7. The molecule has 3 aromatic carbocycles. The highest BCUT2D eigenvalue weighted by molar-refractivity contribution is 6.31. The van der Waals surface area contributed by atoms with E-state index in [0.717, 1.165) is 62.4 Å². The highest BCUT2D eigenvalue weighted by atomic mass is 35.5. The molecular weight excluding hydrogens is 718 g/mol. The van der Waals surface area contributed by atoms with Crippen LogP contribution in [-0.4, -0.2) is 108 Å². The zero-order chi connectivity index (χ0) is 38.1. The van der Waals surface area contributed by atoms with Crippen LogP contribution in [0.25, 0.3) is 0 Å². The third-order valence-electron chi connectivity index (χ3n) is 11.3. The average molecular weight is 760 g/mol. The van der Waals surface area contributed by atoms with Crippen molar-refractivity contribution >= 4 is 40.9 Å². The van der Waals surface area contributed by atoms with Crippen LogP contribution in [0.4, 0.5) is 5.69 Å². The number of piperidine rings is 2. The fourth-order valence-corrected chi connectivity index (χ4v) is 8.37. The predicted molar refractivity (Wildman–Crippen MR) is 205 cm³/mol. The smallest absolute Gasteiger partial charge is 0.255 e. The number of carbonyl (C=O) groups is 4. The van der Waals surface area contributed by atoms with Gasteiger partial charge in [0.1, 0.15) is 17.9 Å². The van der Waals surface area contributed by atoms with Gasteiger partial charge in [0.2, 0.25) is 11.8 Å². The first kappa shape index (κ1) is 36.6. The van der Waals surface area contributed by atoms with Gasteiger partial charge in [0.25, 0.3) is 11.8 Å². The summed E-state index contributed by atoms with van der Waals surface area (Å²) in [7, 11) is 0. The molecule has 4 amide bonds. The fraction of sp³-hybridized carbons (Fsp3) is 0.405. The van der Waals surface area contributed by atoms with Crippen molar-refractivity contribution in [3.05, 3.63) is 93.5 Å². The molecule has 4 fully saturated rings. The summed E-state index contributed by atoms with van der Waals surface area (Å²) in [6, 6.07) is 20.1. The lowest BCUT2D eigenvalue weighted by molar-refractivity contribution is -0.136. The zero-order valence-electron chi connectivity index (χ0n) is 30.5. The second-order valence-corrected chi connectivity index (χ2v) is 15.4. The number of hydroxylamine groups is 2. The van der Waals surface area contributed by atoms with Gasteiger partial charge >= 0.3 is 0 Å². The maximum atomic E-state index is 13.3. The first-order chi connectivity index (χ1) is 26.7. The van der Waals surface area contributed by atoms with E-state index in [-0.39, 0.29) is 24.1 Å². The molecule has 1 unspecified atom stereocenters. The summed E-state index contributed by atoms with van der Waals surface area (Å²) in [6.07, 6.45) is 2.84. The molecule has 5 aliphatic heterocycles. The molecule has 13 heteroatoms. The Hall–Kier alpha value is -5.40. The van der Waals surface area contributed by atoms with Crippen molar-refractivity contribution in [1.82, 2.24) is 25.1 Å². The van der Waals surface area contributed by atoms with Crippen LogP contribution in [0.5, 0.6) is 5.75 Å². The number of benzene rings is 3. The maximum Gasteiger partial charge on any atom is 0.255 e. The molecular formula is C42H42ClN7O5. The Labute approximate surface area is 325 Å². The van der Waals surface area contributed by atoms with Gasteiger partial charge in [-0.3, -0.25) is 24.5 Å². The van der Waals surface area contributed by atoms with Crippen LogP contribution in [0.2, 0.25) is 5.02 Å². The molecule has 0 bridgehead atoms. The lowest BCUT2D eigenvalue weighted by atomic mass is 9.92. The molecule has 1 atom stereocenters. The Morgan fingerprint density at radius 2 is 1.67 bits per heavy atom. The number of amides is 4. The Bertz CT molecular complexity index is 2100. The van der Waals surface area contributed by atoms with E-state index in [9.17, 15) is 19.2 Å². The van der Waals surface area contributed by atoms with Gasteiger partial charge in [0.05, 0.1) is 23.7 Å². The van der Waals surface area contributed by atoms with Crippen LogP contribution in [0.15, 0.2) is 60.7 Å². The number of imide groups is 1. The van der Waals surface area contributed by atoms with E-state index >= 15 is 0 Å². The summed E-state index contributed by atoms with van der Waals surface area (Å²) < 4.78 is 0. The van der Waals surface area contributed by atoms with Gasteiger partial charge in [-0.2, -0.15) is 5.26 Å². The lowest BCUT2D eigenvalue weighted by Gasteiger charge is -2.41. The van der Waals surface area contributed by atoms with Crippen LogP contribution in [0.1, 0.15) is 63.1 Å². The highest BCUT2D eigenvalue weighted by Gasteiger charge is 2.39. The van der Waals surface area contributed by atoms with Gasteiger partial charge in [-0.1, -0.05) is 23.4 Å². The quantitative estimate of drug-likeness (QED) is 0.282. The van der Waals surface area contributed by atoms with E-state index in [2.05, 4.69) is 39.1 Å². The number of anilines is 1. The van der Waals surface area contributed by atoms with Crippen LogP contribution >= 0.6 is 11.6 Å². The highest BCUT2D eigenvalue weighted by Crippen LogP contribution is 2.30. The minimum atomic E-state index is -0.616. The minimum absolute atomic E-state index is 0.0194. The molecule has 4 saturated heterocycles. The molecule has 0 spiro atoms. The number of hydrogen-bond acceptors (Lipinski definition) is 9. The second kappa shape index (κ2) is 15.8. The van der Waals surface area contributed by atoms with E-state index in [0.29, 0.717) is 78.4 Å². The normalized spacial score (nSPS) is 21.0. The number of carbonyl (C=O) groups excluding carboxylic acids is 4. The first-order valence-electron chi connectivity index (χ1n) is 19.0. The summed E-state index contributed by atoms with van der Waals surface area (Å²) in [6.45, 7) is 7.57. The molecule has 8 rings (SSSR count). The first-order valence-corrected chi connectivity index (χ1v) is 19.4. The van der Waals surface area contributed by atoms with E-state index in [1.807, 2.05) is 40.3 Å². The van der Waals surface area contributed by atoms with Crippen molar-refractivity contribution < 1.29 is 24.0 Å². The predicted octanol–water partition coefficient (Wildman–Crippen LogP) is 3.92. The summed E-state index contributed by atoms with van der Waals surface area (Å²) in [5.41, 5.74) is 4.58. The molecule has 5 heterocycles. The Balaban J connectivity index is 0.747. The lowest BCUT2D eigenvalue weighted by Crippen LogP contribution is -2.52. The molecule has 0 aliphatic carbocycles. The number of nitrogens with zero attached hydrogens (tertiary/aromatic N) is 6. The second-order valence-electron chi connectivity index (χ2n) is 15.0. The summed E-state index contributed by atoms with van der Waals surface area (Å²) in [4.78, 5) is 64.4. The van der Waals surface area contributed by atoms with Gasteiger partial charge in [-0.25, -0.2) is 0 Å². The van der Waals surface area contributed by atoms with E-state index in [1.165, 1.54) is 0 Å². The number of nitrogens with one attached hydrogen (secondary N) is 1. The van der Waals surface area contributed by atoms with Gasteiger partial charge < -0.3 is 24.4 Å². The topological polar surface area (TPSA) is 130 Å². The van der Waals surface area contributed by atoms with Gasteiger partial charge in [0.15, 0.2) is 0 Å². The van der Waals surface area contributed by atoms with E-state index in [1.54, 1.807) is 29.2 Å². The summed E-state index contributed by atoms with van der Waals surface area (Å²) in [5, 5.41) is 13.6. The van der Waals surface area contributed by atoms with Gasteiger partial charge in [-0.15, -0.1) is 5.06 Å². The largest absolute Gasteiger partial charge is 0.406 e. The number of nitriles is 1. The molecule has 0 saturated carbocycles. The van der Waals surface area contributed by atoms with Gasteiger partial charge in [0, 0.05) is 93.1 Å². The van der Waals surface area contributed by atoms with Crippen molar-refractivity contribution in [3.8, 4) is 23.7 Å². The number of likely N-dealkylation sites (tertiary alicyclic amines) is 1. The molecule has 0 radical (unpaired) electrons. The Kier molecular flexibility index (Phi) is 10.5. The van der Waals surface area contributed by atoms with Crippen molar-refractivity contribution in [2.45, 2.75) is 38.3 Å². The number of fused-ring (bicyclic) bond motifs is 1. The standard InChI is InChI=1S/C42H42ClN7O5/c43-37-22-35(9-6-32(37)23-44)55-49-19-17-48(18-20-49)41(53)31-4-7-34(8-5-31)47-15-13-29(14-16-47)24-46-25-30(26-46)2-1-28-3-10-36-33(21-28)27-50(42(36)54)38-11-12-39(51)45-40(38)52/h3-10,21-22,29-30,38H,11-20,24-27H2,(H,45,51,52). The maximum absolute atomic E-state index is 13.3. The third kappa shape index (κ3) is 8.04. The van der Waals surface area contributed by atoms with Crippen LogP contribution in [-0.2, 0) is 16.1 Å². The van der Waals surface area contributed by atoms with Gasteiger partial charge in [-0.05, 0) is 85.3 Å². The molecule has 5 aliphatic rings. The van der Waals surface area contributed by atoms with Crippen molar-refractivity contribution in [2.24, 2.45) is 11.8 Å².